The predicted octanol–water partition coefficient (Wildman–Crippen LogP) is 3.75. The van der Waals surface area contributed by atoms with Crippen LogP contribution in [0.2, 0.25) is 5.02 Å². The molecule has 0 radical (unpaired) electrons. The van der Waals surface area contributed by atoms with Crippen LogP contribution in [0.15, 0.2) is 27.4 Å². The zero-order valence-electron chi connectivity index (χ0n) is 11.2. The quantitative estimate of drug-likeness (QED) is 0.844. The molecular formula is C14H13BrClN3OS. The third kappa shape index (κ3) is 2.81. The molecular weight excluding hydrogens is 374 g/mol. The maximum atomic E-state index is 11.6. The minimum atomic E-state index is -0.635. The van der Waals surface area contributed by atoms with Gasteiger partial charge in [-0.05, 0) is 45.1 Å². The number of nitrogens with one attached hydrogen (secondary N) is 1. The predicted molar refractivity (Wildman–Crippen MR) is 91.1 cm³/mol. The second-order valence-electron chi connectivity index (χ2n) is 4.97. The maximum absolute atomic E-state index is 11.6. The van der Waals surface area contributed by atoms with E-state index in [0.29, 0.717) is 5.02 Å². The summed E-state index contributed by atoms with van der Waals surface area (Å²) in [6.45, 7) is 0.737. The first-order chi connectivity index (χ1) is 9.95. The molecule has 1 aromatic carbocycles. The maximum Gasteiger partial charge on any atom is 0.245 e. The lowest BCUT2D eigenvalue weighted by molar-refractivity contribution is -0.116. The second-order valence-corrected chi connectivity index (χ2v) is 7.67. The van der Waals surface area contributed by atoms with Crippen LogP contribution in [-0.4, -0.2) is 13.0 Å². The van der Waals surface area contributed by atoms with Crippen LogP contribution in [0.4, 0.5) is 11.4 Å². The monoisotopic (exact) mass is 385 g/mol. The fourth-order valence-electron chi connectivity index (χ4n) is 2.37. The molecule has 1 atom stereocenters. The fraction of sp³-hybridized carbons (Fsp3) is 0.214. The Morgan fingerprint density at radius 3 is 2.90 bits per heavy atom. The molecule has 2 aromatic rings. The van der Waals surface area contributed by atoms with Crippen molar-refractivity contribution in [2.75, 3.05) is 17.3 Å². The summed E-state index contributed by atoms with van der Waals surface area (Å²) in [5.74, 6) is -0.192. The number of thiophene rings is 1. The summed E-state index contributed by atoms with van der Waals surface area (Å²) in [5, 5.41) is 5.47. The number of nitrogens with two attached hydrogens (primary N) is 1. The molecule has 0 saturated heterocycles. The van der Waals surface area contributed by atoms with Crippen molar-refractivity contribution < 1.29 is 4.79 Å². The summed E-state index contributed by atoms with van der Waals surface area (Å²) in [6.07, 6.45) is 0. The number of hydrogen-bond acceptors (Lipinski definition) is 4. The molecule has 0 saturated carbocycles. The molecule has 3 N–H and O–H groups in total. The minimum absolute atomic E-state index is 0.192. The molecule has 0 aliphatic carbocycles. The Morgan fingerprint density at radius 2 is 2.24 bits per heavy atom. The number of rotatable bonds is 3. The molecule has 1 unspecified atom stereocenters. The number of carbonyl (C=O) groups is 1. The smallest absolute Gasteiger partial charge is 0.245 e. The third-order valence-electron chi connectivity index (χ3n) is 3.45. The SMILES string of the molecule is CN(Cc1csc(Br)c1)c1cc2c(cc1Cl)C(N)C(=O)N2. The Kier molecular flexibility index (Phi) is 3.96. The summed E-state index contributed by atoms with van der Waals surface area (Å²) >= 11 is 11.5. The zero-order valence-corrected chi connectivity index (χ0v) is 14.3. The van der Waals surface area contributed by atoms with E-state index in [1.165, 1.54) is 5.56 Å². The van der Waals surface area contributed by atoms with Gasteiger partial charge in [0.05, 0.1) is 14.5 Å². The van der Waals surface area contributed by atoms with Crippen LogP contribution in [0, 0.1) is 0 Å². The van der Waals surface area contributed by atoms with Gasteiger partial charge in [0.15, 0.2) is 0 Å². The van der Waals surface area contributed by atoms with Gasteiger partial charge in [0, 0.05) is 24.8 Å². The van der Waals surface area contributed by atoms with E-state index in [0.717, 1.165) is 27.3 Å². The number of anilines is 2. The Labute approximate surface area is 140 Å². The number of nitrogens with zero attached hydrogens (tertiary/aromatic N) is 1. The molecule has 0 spiro atoms. The van der Waals surface area contributed by atoms with Crippen molar-refractivity contribution in [1.82, 2.24) is 0 Å². The lowest BCUT2D eigenvalue weighted by Crippen LogP contribution is -2.19. The van der Waals surface area contributed by atoms with Crippen LogP contribution in [0.1, 0.15) is 17.2 Å². The van der Waals surface area contributed by atoms with Crippen LogP contribution >= 0.6 is 38.9 Å². The molecule has 1 amide bonds. The number of benzene rings is 1. The number of amides is 1. The Bertz CT molecular complexity index is 718. The molecule has 1 aromatic heterocycles. The lowest BCUT2D eigenvalue weighted by Gasteiger charge is -2.21. The van der Waals surface area contributed by atoms with Crippen molar-refractivity contribution in [3.8, 4) is 0 Å². The van der Waals surface area contributed by atoms with Gasteiger partial charge < -0.3 is 16.0 Å². The second kappa shape index (κ2) is 5.61. The van der Waals surface area contributed by atoms with E-state index in [-0.39, 0.29) is 5.91 Å². The summed E-state index contributed by atoms with van der Waals surface area (Å²) in [4.78, 5) is 13.7. The number of fused-ring (bicyclic) bond motifs is 1. The van der Waals surface area contributed by atoms with E-state index in [4.69, 9.17) is 17.3 Å². The van der Waals surface area contributed by atoms with Gasteiger partial charge in [0.1, 0.15) is 6.04 Å². The van der Waals surface area contributed by atoms with Gasteiger partial charge in [-0.25, -0.2) is 0 Å². The molecule has 7 heteroatoms. The topological polar surface area (TPSA) is 58.4 Å². The molecule has 1 aliphatic heterocycles. The van der Waals surface area contributed by atoms with Crippen LogP contribution in [0.5, 0.6) is 0 Å². The molecule has 1 aliphatic rings. The van der Waals surface area contributed by atoms with E-state index in [2.05, 4.69) is 32.7 Å². The highest BCUT2D eigenvalue weighted by Crippen LogP contribution is 2.38. The van der Waals surface area contributed by atoms with Gasteiger partial charge in [0.2, 0.25) is 5.91 Å². The molecule has 3 rings (SSSR count). The number of hydrogen-bond donors (Lipinski definition) is 2. The van der Waals surface area contributed by atoms with Crippen LogP contribution < -0.4 is 16.0 Å². The van der Waals surface area contributed by atoms with Crippen molar-refractivity contribution in [3.63, 3.8) is 0 Å². The van der Waals surface area contributed by atoms with Gasteiger partial charge >= 0.3 is 0 Å². The molecule has 110 valence electrons. The Morgan fingerprint density at radius 1 is 1.48 bits per heavy atom. The highest BCUT2D eigenvalue weighted by Gasteiger charge is 2.28. The largest absolute Gasteiger partial charge is 0.369 e. The molecule has 4 nitrogen and oxygen atoms in total. The first-order valence-electron chi connectivity index (χ1n) is 6.29. The number of halogens is 2. The van der Waals surface area contributed by atoms with E-state index >= 15 is 0 Å². The van der Waals surface area contributed by atoms with Gasteiger partial charge in [-0.15, -0.1) is 11.3 Å². The van der Waals surface area contributed by atoms with E-state index in [9.17, 15) is 4.79 Å². The van der Waals surface area contributed by atoms with E-state index in [1.807, 2.05) is 18.0 Å². The van der Waals surface area contributed by atoms with Crippen molar-refractivity contribution in [1.29, 1.82) is 0 Å². The van der Waals surface area contributed by atoms with E-state index in [1.54, 1.807) is 17.4 Å². The Hall–Kier alpha value is -1.08. The minimum Gasteiger partial charge on any atom is -0.369 e. The lowest BCUT2D eigenvalue weighted by atomic mass is 10.1. The number of carbonyl (C=O) groups excluding carboxylic acids is 1. The first-order valence-corrected chi connectivity index (χ1v) is 8.34. The van der Waals surface area contributed by atoms with Crippen LogP contribution in [-0.2, 0) is 11.3 Å². The van der Waals surface area contributed by atoms with E-state index < -0.39 is 6.04 Å². The van der Waals surface area contributed by atoms with Crippen molar-refractivity contribution in [2.45, 2.75) is 12.6 Å². The standard InChI is InChI=1S/C14H13BrClN3OS/c1-19(5-7-2-12(15)21-6-7)11-4-10-8(3-9(11)16)13(17)14(20)18-10/h2-4,6,13H,5,17H2,1H3,(H,18,20). The normalized spacial score (nSPS) is 16.8. The summed E-state index contributed by atoms with van der Waals surface area (Å²) < 4.78 is 1.10. The fourth-order valence-corrected chi connectivity index (χ4v) is 3.89. The van der Waals surface area contributed by atoms with Crippen LogP contribution in [0.3, 0.4) is 0 Å². The van der Waals surface area contributed by atoms with Crippen molar-refractivity contribution in [2.24, 2.45) is 5.73 Å². The zero-order chi connectivity index (χ0) is 15.1. The molecule has 0 bridgehead atoms. The highest BCUT2D eigenvalue weighted by molar-refractivity contribution is 9.11. The van der Waals surface area contributed by atoms with Gasteiger partial charge in [0.25, 0.3) is 0 Å². The van der Waals surface area contributed by atoms with Crippen molar-refractivity contribution >= 4 is 56.1 Å². The molecule has 0 fully saturated rings. The summed E-state index contributed by atoms with van der Waals surface area (Å²) in [6, 6.07) is 5.10. The van der Waals surface area contributed by atoms with Gasteiger partial charge in [-0.3, -0.25) is 4.79 Å². The van der Waals surface area contributed by atoms with Gasteiger partial charge in [-0.1, -0.05) is 11.6 Å². The van der Waals surface area contributed by atoms with Crippen molar-refractivity contribution in [3.05, 3.63) is 43.5 Å². The Balaban J connectivity index is 1.89. The first kappa shape index (κ1) is 14.8. The highest BCUT2D eigenvalue weighted by atomic mass is 79.9. The third-order valence-corrected chi connectivity index (χ3v) is 5.30. The molecule has 21 heavy (non-hydrogen) atoms. The summed E-state index contributed by atoms with van der Waals surface area (Å²) in [5.41, 5.74) is 9.38. The van der Waals surface area contributed by atoms with Crippen LogP contribution in [0.25, 0.3) is 0 Å². The molecule has 2 heterocycles. The average molecular weight is 387 g/mol. The van der Waals surface area contributed by atoms with Gasteiger partial charge in [-0.2, -0.15) is 0 Å². The summed E-state index contributed by atoms with van der Waals surface area (Å²) in [7, 11) is 1.97. The average Bonchev–Trinajstić information content (AvgIpc) is 2.95.